The molecule has 0 heterocycles. The Morgan fingerprint density at radius 3 is 2.49 bits per heavy atom. The lowest BCUT2D eigenvalue weighted by molar-refractivity contribution is -0.181. The minimum Gasteiger partial charge on any atom is -0.507 e. The first-order chi connectivity index (χ1) is 16.5. The summed E-state index contributed by atoms with van der Waals surface area (Å²) in [5.74, 6) is -4.43. The number of carbonyl (C=O) groups is 5. The lowest BCUT2D eigenvalue weighted by atomic mass is 9.52. The molecule has 0 saturated heterocycles. The molecule has 9 heteroatoms. The molecule has 0 bridgehead atoms. The van der Waals surface area contributed by atoms with E-state index in [-0.39, 0.29) is 24.2 Å². The first-order valence-electron chi connectivity index (χ1n) is 11.6. The molecule has 0 aromatic heterocycles. The highest BCUT2D eigenvalue weighted by Crippen LogP contribution is 2.50. The number of hydrogen-bond acceptors (Lipinski definition) is 8. The minimum atomic E-state index is -2.72. The van der Waals surface area contributed by atoms with Gasteiger partial charge in [-0.1, -0.05) is 18.8 Å². The highest BCUT2D eigenvalue weighted by molar-refractivity contribution is 6.32. The van der Waals surface area contributed by atoms with Gasteiger partial charge in [-0.3, -0.25) is 28.9 Å². The van der Waals surface area contributed by atoms with E-state index in [1.54, 1.807) is 20.2 Å². The van der Waals surface area contributed by atoms with Gasteiger partial charge in [-0.2, -0.15) is 0 Å². The van der Waals surface area contributed by atoms with E-state index in [4.69, 9.17) is 5.73 Å². The molecule has 1 aromatic carbocycles. The average Bonchev–Trinajstić information content (AvgIpc) is 2.77. The lowest BCUT2D eigenvalue weighted by Crippen LogP contribution is -2.74. The summed E-state index contributed by atoms with van der Waals surface area (Å²) < 4.78 is 0. The number of aliphatic hydroxyl groups is 1. The van der Waals surface area contributed by atoms with Crippen LogP contribution in [0.5, 0.6) is 5.75 Å². The first-order valence-corrected chi connectivity index (χ1v) is 11.6. The second-order valence-corrected chi connectivity index (χ2v) is 9.83. The molecule has 6 atom stereocenters. The number of hydrogen-bond donors (Lipinski definition) is 3. The molecule has 4 N–H and O–H groups in total. The third kappa shape index (κ3) is 3.51. The smallest absolute Gasteiger partial charge is 0.235 e. The Labute approximate surface area is 202 Å². The third-order valence-corrected chi connectivity index (χ3v) is 7.54. The molecule has 184 valence electrons. The van der Waals surface area contributed by atoms with Crippen LogP contribution in [-0.4, -0.2) is 69.9 Å². The number of benzene rings is 1. The van der Waals surface area contributed by atoms with Gasteiger partial charge in [0, 0.05) is 17.9 Å². The Kier molecular flexibility index (Phi) is 6.16. The Hall–Kier alpha value is -3.35. The summed E-state index contributed by atoms with van der Waals surface area (Å²) in [4.78, 5) is 67.0. The van der Waals surface area contributed by atoms with Crippen LogP contribution in [0.1, 0.15) is 47.7 Å². The molecule has 1 amide bonds. The number of carbonyl (C=O) groups excluding carboxylic acids is 5. The Balaban J connectivity index is 1.86. The van der Waals surface area contributed by atoms with Crippen LogP contribution in [0.3, 0.4) is 0 Å². The van der Waals surface area contributed by atoms with Crippen LogP contribution in [-0.2, 0) is 25.6 Å². The maximum atomic E-state index is 13.7. The zero-order valence-electron chi connectivity index (χ0n) is 19.8. The van der Waals surface area contributed by atoms with Gasteiger partial charge in [-0.25, -0.2) is 0 Å². The van der Waals surface area contributed by atoms with Crippen molar-refractivity contribution in [3.8, 4) is 17.6 Å². The highest BCUT2D eigenvalue weighted by Gasteiger charge is 2.69. The molecule has 0 spiro atoms. The van der Waals surface area contributed by atoms with Gasteiger partial charge < -0.3 is 15.9 Å². The molecular formula is C26H28N2O7. The van der Waals surface area contributed by atoms with Crippen molar-refractivity contribution in [2.75, 3.05) is 14.1 Å². The summed E-state index contributed by atoms with van der Waals surface area (Å²) in [6, 6.07) is 1.84. The van der Waals surface area contributed by atoms with E-state index >= 15 is 0 Å². The molecule has 0 radical (unpaired) electrons. The van der Waals surface area contributed by atoms with Crippen LogP contribution in [0.2, 0.25) is 0 Å². The highest BCUT2D eigenvalue weighted by atomic mass is 16.3. The van der Waals surface area contributed by atoms with Crippen molar-refractivity contribution in [2.24, 2.45) is 29.4 Å². The number of primary amides is 1. The molecule has 2 fully saturated rings. The standard InChI is InChI=1S/C26H28N2O7/c1-4-5-6-7-12-8-9-16(29)18-14(12)10-13-11-15-20(28(2)3)22(31)19(25(27)34)24(33)26(15,35)23(32)17(13)21(18)30/h8-9,13,15,17,19-20,29,35H,4-5,10-11H2,1-3H3,(H2,27,34)/t13-,15-,17?,19?,20-,26-/m1/s1. The molecule has 2 unspecified atom stereocenters. The van der Waals surface area contributed by atoms with Crippen LogP contribution in [0.15, 0.2) is 12.1 Å². The van der Waals surface area contributed by atoms with E-state index < -0.39 is 64.4 Å². The van der Waals surface area contributed by atoms with E-state index in [2.05, 4.69) is 11.8 Å². The zero-order chi connectivity index (χ0) is 25.8. The van der Waals surface area contributed by atoms with E-state index in [1.807, 2.05) is 6.92 Å². The molecule has 1 aromatic rings. The molecule has 3 aliphatic rings. The summed E-state index contributed by atoms with van der Waals surface area (Å²) in [6.07, 6.45) is 1.72. The van der Waals surface area contributed by atoms with Gasteiger partial charge in [0.25, 0.3) is 0 Å². The van der Waals surface area contributed by atoms with Gasteiger partial charge >= 0.3 is 0 Å². The number of phenolic OH excluding ortho intramolecular Hbond substituents is 1. The predicted octanol–water partition coefficient (Wildman–Crippen LogP) is 0.0186. The normalized spacial score (nSPS) is 31.9. The van der Waals surface area contributed by atoms with Gasteiger partial charge in [0.1, 0.15) is 5.75 Å². The number of aromatic hydroxyl groups is 1. The molecule has 0 aliphatic heterocycles. The van der Waals surface area contributed by atoms with E-state index in [0.717, 1.165) is 6.42 Å². The van der Waals surface area contributed by atoms with Crippen molar-refractivity contribution < 1.29 is 34.2 Å². The number of nitrogens with zero attached hydrogens (tertiary/aromatic N) is 1. The maximum absolute atomic E-state index is 13.7. The van der Waals surface area contributed by atoms with E-state index in [0.29, 0.717) is 17.5 Å². The molecule has 3 aliphatic carbocycles. The number of phenols is 1. The number of fused-ring (bicyclic) bond motifs is 3. The molecular weight excluding hydrogens is 452 g/mol. The maximum Gasteiger partial charge on any atom is 0.235 e. The van der Waals surface area contributed by atoms with Gasteiger partial charge in [0.15, 0.2) is 34.7 Å². The first kappa shape index (κ1) is 24.8. The second kappa shape index (κ2) is 8.70. The van der Waals surface area contributed by atoms with Crippen LogP contribution in [0.25, 0.3) is 0 Å². The monoisotopic (exact) mass is 480 g/mol. The van der Waals surface area contributed by atoms with Crippen LogP contribution < -0.4 is 5.73 Å². The predicted molar refractivity (Wildman–Crippen MR) is 123 cm³/mol. The number of unbranched alkanes of at least 4 members (excludes halogenated alkanes) is 1. The molecule has 4 rings (SSSR count). The van der Waals surface area contributed by atoms with Gasteiger partial charge in [0.05, 0.1) is 17.5 Å². The van der Waals surface area contributed by atoms with Crippen molar-refractivity contribution in [1.29, 1.82) is 0 Å². The average molecular weight is 481 g/mol. The van der Waals surface area contributed by atoms with Gasteiger partial charge in [-0.05, 0) is 57.0 Å². The second-order valence-electron chi connectivity index (χ2n) is 9.83. The molecule has 2 saturated carbocycles. The van der Waals surface area contributed by atoms with E-state index in [1.165, 1.54) is 11.0 Å². The summed E-state index contributed by atoms with van der Waals surface area (Å²) in [5, 5.41) is 22.0. The van der Waals surface area contributed by atoms with Gasteiger partial charge in [0.2, 0.25) is 5.91 Å². The quantitative estimate of drug-likeness (QED) is 0.404. The Morgan fingerprint density at radius 1 is 1.20 bits per heavy atom. The van der Waals surface area contributed by atoms with E-state index in [9.17, 15) is 34.2 Å². The SMILES string of the molecule is CCCC#Cc1ccc(O)c2c1C[C@@H]1C[C@@H]3[C@@H](N(C)C)C(=O)C(C(N)=O)C(=O)[C@]3(O)C(=O)C1C2=O. The van der Waals surface area contributed by atoms with Crippen LogP contribution >= 0.6 is 0 Å². The fourth-order valence-electron chi connectivity index (χ4n) is 6.00. The number of ketones is 4. The zero-order valence-corrected chi connectivity index (χ0v) is 19.8. The summed E-state index contributed by atoms with van der Waals surface area (Å²) >= 11 is 0. The Bertz CT molecular complexity index is 1220. The van der Waals surface area contributed by atoms with Crippen molar-refractivity contribution >= 4 is 29.0 Å². The summed E-state index contributed by atoms with van der Waals surface area (Å²) in [6.45, 7) is 1.99. The van der Waals surface area contributed by atoms with Crippen molar-refractivity contribution in [1.82, 2.24) is 4.90 Å². The van der Waals surface area contributed by atoms with Crippen LogP contribution in [0, 0.1) is 35.5 Å². The lowest BCUT2D eigenvalue weighted by Gasteiger charge is -2.52. The topological polar surface area (TPSA) is 155 Å². The van der Waals surface area contributed by atoms with Crippen molar-refractivity contribution in [3.05, 3.63) is 28.8 Å². The summed E-state index contributed by atoms with van der Waals surface area (Å²) in [7, 11) is 3.10. The number of amides is 1. The fraction of sp³-hybridized carbons (Fsp3) is 0.500. The van der Waals surface area contributed by atoms with Crippen LogP contribution in [0.4, 0.5) is 0 Å². The number of likely N-dealkylation sites (N-methyl/N-ethyl adjacent to an activating group) is 1. The number of nitrogens with two attached hydrogens (primary N) is 1. The molecule has 35 heavy (non-hydrogen) atoms. The Morgan fingerprint density at radius 2 is 1.89 bits per heavy atom. The third-order valence-electron chi connectivity index (χ3n) is 7.54. The fourth-order valence-corrected chi connectivity index (χ4v) is 6.00. The number of Topliss-reactive ketones (excluding diaryl/α,β-unsaturated/α-hetero) is 4. The minimum absolute atomic E-state index is 0.0153. The van der Waals surface area contributed by atoms with Gasteiger partial charge in [-0.15, -0.1) is 0 Å². The van der Waals surface area contributed by atoms with Crippen molar-refractivity contribution in [2.45, 2.75) is 44.2 Å². The molecule has 9 nitrogen and oxygen atoms in total. The summed E-state index contributed by atoms with van der Waals surface area (Å²) in [5.41, 5.74) is 3.64. The number of rotatable bonds is 3. The van der Waals surface area contributed by atoms with Crippen molar-refractivity contribution in [3.63, 3.8) is 0 Å². The largest absolute Gasteiger partial charge is 0.507 e.